The first-order valence-corrected chi connectivity index (χ1v) is 12.3. The number of aromatic hydroxyl groups is 1. The molecule has 2 N–H and O–H groups in total. The molecule has 39 heavy (non-hydrogen) atoms. The van der Waals surface area contributed by atoms with Crippen LogP contribution in [0.15, 0.2) is 82.5 Å². The first kappa shape index (κ1) is 25.9. The van der Waals surface area contributed by atoms with Crippen LogP contribution in [0.4, 0.5) is 5.69 Å². The van der Waals surface area contributed by atoms with E-state index in [1.54, 1.807) is 25.1 Å². The lowest BCUT2D eigenvalue weighted by molar-refractivity contribution is -0.117. The van der Waals surface area contributed by atoms with Crippen LogP contribution in [-0.4, -0.2) is 41.6 Å². The predicted molar refractivity (Wildman–Crippen MR) is 142 cm³/mol. The van der Waals surface area contributed by atoms with E-state index >= 15 is 0 Å². The normalized spacial score (nSPS) is 15.2. The Morgan fingerprint density at radius 2 is 1.79 bits per heavy atom. The largest absolute Gasteiger partial charge is 0.508 e. The molecule has 1 aromatic heterocycles. The highest BCUT2D eigenvalue weighted by Crippen LogP contribution is 2.43. The van der Waals surface area contributed by atoms with Crippen LogP contribution >= 0.6 is 11.6 Å². The number of ether oxygens (including phenoxy) is 2. The van der Waals surface area contributed by atoms with Gasteiger partial charge >= 0.3 is 5.97 Å². The number of amides is 1. The van der Waals surface area contributed by atoms with Crippen molar-refractivity contribution < 1.29 is 38.5 Å². The van der Waals surface area contributed by atoms with Crippen molar-refractivity contribution in [3.8, 4) is 11.5 Å². The minimum atomic E-state index is -1.12. The number of benzene rings is 3. The number of furan rings is 1. The smallest absolute Gasteiger partial charge is 0.338 e. The molecule has 1 amide bonds. The van der Waals surface area contributed by atoms with Gasteiger partial charge in [-0.1, -0.05) is 23.7 Å². The average molecular weight is 548 g/mol. The minimum absolute atomic E-state index is 0.0983. The van der Waals surface area contributed by atoms with Crippen molar-refractivity contribution in [1.82, 2.24) is 0 Å². The number of aliphatic hydroxyl groups is 1. The van der Waals surface area contributed by atoms with E-state index in [-0.39, 0.29) is 34.8 Å². The lowest BCUT2D eigenvalue weighted by Gasteiger charge is -2.27. The number of phenols is 1. The highest BCUT2D eigenvalue weighted by atomic mass is 35.5. The summed E-state index contributed by atoms with van der Waals surface area (Å²) in [6.07, 6.45) is 0. The zero-order valence-electron chi connectivity index (χ0n) is 20.8. The van der Waals surface area contributed by atoms with E-state index in [0.29, 0.717) is 27.4 Å². The summed E-state index contributed by atoms with van der Waals surface area (Å²) < 4.78 is 16.1. The monoisotopic (exact) mass is 547 g/mol. The van der Waals surface area contributed by atoms with Crippen molar-refractivity contribution in [2.45, 2.75) is 13.0 Å². The maximum Gasteiger partial charge on any atom is 0.338 e. The fourth-order valence-electron chi connectivity index (χ4n) is 4.57. The molecular formula is C29H22ClNO8. The summed E-state index contributed by atoms with van der Waals surface area (Å²) in [5.74, 6) is -2.82. The number of carbonyl (C=O) groups is 3. The molecule has 0 spiro atoms. The van der Waals surface area contributed by atoms with Crippen molar-refractivity contribution in [3.05, 3.63) is 100.0 Å². The summed E-state index contributed by atoms with van der Waals surface area (Å²) in [6, 6.07) is 15.4. The molecule has 3 aromatic carbocycles. The summed E-state index contributed by atoms with van der Waals surface area (Å²) in [6.45, 7) is 1.89. The zero-order valence-corrected chi connectivity index (χ0v) is 21.6. The van der Waals surface area contributed by atoms with Crippen LogP contribution in [0, 0.1) is 0 Å². The molecule has 198 valence electrons. The van der Waals surface area contributed by atoms with Crippen molar-refractivity contribution in [2.75, 3.05) is 18.6 Å². The molecule has 2 heterocycles. The molecule has 9 nitrogen and oxygen atoms in total. The molecule has 0 radical (unpaired) electrons. The number of fused-ring (bicyclic) bond motifs is 1. The number of aliphatic hydroxyl groups excluding tert-OH is 1. The number of halogens is 1. The van der Waals surface area contributed by atoms with Gasteiger partial charge in [-0.2, -0.15) is 0 Å². The highest BCUT2D eigenvalue weighted by molar-refractivity contribution is 6.31. The van der Waals surface area contributed by atoms with Crippen molar-refractivity contribution in [3.63, 3.8) is 0 Å². The molecular weight excluding hydrogens is 526 g/mol. The Hall–Kier alpha value is -4.76. The van der Waals surface area contributed by atoms with Gasteiger partial charge in [-0.05, 0) is 61.0 Å². The van der Waals surface area contributed by atoms with E-state index in [1.165, 1.54) is 60.5 Å². The van der Waals surface area contributed by atoms with Gasteiger partial charge in [0.05, 0.1) is 30.9 Å². The van der Waals surface area contributed by atoms with Gasteiger partial charge in [0, 0.05) is 22.2 Å². The van der Waals surface area contributed by atoms with E-state index in [2.05, 4.69) is 0 Å². The van der Waals surface area contributed by atoms with Gasteiger partial charge in [0.2, 0.25) is 5.78 Å². The second kappa shape index (κ2) is 10.2. The minimum Gasteiger partial charge on any atom is -0.508 e. The van der Waals surface area contributed by atoms with Gasteiger partial charge in [0.1, 0.15) is 5.75 Å². The van der Waals surface area contributed by atoms with E-state index in [9.17, 15) is 24.6 Å². The summed E-state index contributed by atoms with van der Waals surface area (Å²) in [4.78, 5) is 40.6. The van der Waals surface area contributed by atoms with Crippen LogP contribution in [-0.2, 0) is 9.53 Å². The van der Waals surface area contributed by atoms with Crippen LogP contribution in [0.25, 0.3) is 11.0 Å². The third-order valence-electron chi connectivity index (χ3n) is 6.29. The van der Waals surface area contributed by atoms with E-state index < -0.39 is 29.5 Å². The van der Waals surface area contributed by atoms with Crippen molar-refractivity contribution >= 4 is 45.9 Å². The quantitative estimate of drug-likeness (QED) is 0.221. The van der Waals surface area contributed by atoms with Crippen LogP contribution in [0.2, 0.25) is 5.02 Å². The van der Waals surface area contributed by atoms with Crippen molar-refractivity contribution in [1.29, 1.82) is 0 Å². The van der Waals surface area contributed by atoms with Gasteiger partial charge in [-0.3, -0.25) is 14.5 Å². The Labute approximate surface area is 227 Å². The van der Waals surface area contributed by atoms with Gasteiger partial charge < -0.3 is 24.1 Å². The van der Waals surface area contributed by atoms with E-state index in [1.807, 2.05) is 0 Å². The van der Waals surface area contributed by atoms with E-state index in [0.717, 1.165) is 0 Å². The maximum absolute atomic E-state index is 13.8. The molecule has 1 aliphatic heterocycles. The van der Waals surface area contributed by atoms with Gasteiger partial charge in [-0.15, -0.1) is 0 Å². The molecule has 1 aliphatic rings. The molecule has 5 rings (SSSR count). The van der Waals surface area contributed by atoms with Gasteiger partial charge in [0.15, 0.2) is 22.9 Å². The summed E-state index contributed by atoms with van der Waals surface area (Å²) in [5, 5.41) is 22.0. The molecule has 1 atom stereocenters. The molecule has 4 aromatic rings. The first-order valence-electron chi connectivity index (χ1n) is 11.9. The Balaban J connectivity index is 1.62. The Morgan fingerprint density at radius 3 is 2.46 bits per heavy atom. The summed E-state index contributed by atoms with van der Waals surface area (Å²) in [5.41, 5.74) is 0.958. The molecule has 0 saturated heterocycles. The summed E-state index contributed by atoms with van der Waals surface area (Å²) >= 11 is 6.15. The van der Waals surface area contributed by atoms with E-state index in [4.69, 9.17) is 25.5 Å². The van der Waals surface area contributed by atoms with Crippen LogP contribution in [0.5, 0.6) is 11.5 Å². The number of hydrogen-bond acceptors (Lipinski definition) is 8. The van der Waals surface area contributed by atoms with Gasteiger partial charge in [0.25, 0.3) is 5.91 Å². The number of phenolic OH excluding ortho intramolecular Hbond substituents is 1. The number of hydrogen-bond donors (Lipinski definition) is 2. The number of ketones is 1. The molecule has 0 saturated carbocycles. The Morgan fingerprint density at radius 1 is 1.05 bits per heavy atom. The molecule has 1 unspecified atom stereocenters. The third-order valence-corrected chi connectivity index (χ3v) is 6.50. The topological polar surface area (TPSA) is 127 Å². The first-order chi connectivity index (χ1) is 18.7. The standard InChI is InChI=1S/C29H22ClNO8/c1-3-38-29(36)15-7-9-19(10-8-15)31-24(16-5-4-6-20(32)12-16)23(26(34)28(31)35)25(33)21-13-17-11-18(30)14-22(37-2)27(17)39-21/h4-14,24,32,34H,3H2,1-2H3. The number of carbonyl (C=O) groups excluding carboxylic acids is 3. The number of rotatable bonds is 7. The van der Waals surface area contributed by atoms with Gasteiger partial charge in [-0.25, -0.2) is 4.79 Å². The second-order valence-corrected chi connectivity index (χ2v) is 9.10. The number of methoxy groups -OCH3 is 1. The Kier molecular flexibility index (Phi) is 6.76. The molecule has 10 heteroatoms. The molecule has 0 bridgehead atoms. The lowest BCUT2D eigenvalue weighted by atomic mass is 9.94. The average Bonchev–Trinajstić information content (AvgIpc) is 3.47. The summed E-state index contributed by atoms with van der Waals surface area (Å²) in [7, 11) is 1.43. The molecule has 0 fully saturated rings. The third kappa shape index (κ3) is 4.57. The van der Waals surface area contributed by atoms with Crippen molar-refractivity contribution in [2.24, 2.45) is 0 Å². The van der Waals surface area contributed by atoms with Crippen LogP contribution in [0.3, 0.4) is 0 Å². The second-order valence-electron chi connectivity index (χ2n) is 8.67. The zero-order chi connectivity index (χ0) is 27.8. The lowest BCUT2D eigenvalue weighted by Crippen LogP contribution is -2.31. The Bertz CT molecular complexity index is 1650. The van der Waals surface area contributed by atoms with Crippen LogP contribution < -0.4 is 9.64 Å². The predicted octanol–water partition coefficient (Wildman–Crippen LogP) is 5.76. The fraction of sp³-hybridized carbons (Fsp3) is 0.138. The molecule has 0 aliphatic carbocycles. The number of nitrogens with zero attached hydrogens (tertiary/aromatic N) is 1. The fourth-order valence-corrected chi connectivity index (χ4v) is 4.79. The number of esters is 1. The highest BCUT2D eigenvalue weighted by Gasteiger charge is 2.45. The SMILES string of the molecule is CCOC(=O)c1ccc(N2C(=O)C(O)=C(C(=O)c3cc4cc(Cl)cc(OC)c4o3)C2c2cccc(O)c2)cc1. The maximum atomic E-state index is 13.8. The number of Topliss-reactive ketones (excluding diaryl/α,β-unsaturated/α-hetero) is 1. The van der Waals surface area contributed by atoms with Crippen LogP contribution in [0.1, 0.15) is 39.4 Å². The number of anilines is 1.